The molecule has 4 nitrogen and oxygen atoms in total. The van der Waals surface area contributed by atoms with Crippen molar-refractivity contribution in [2.75, 3.05) is 6.54 Å². The third-order valence-electron chi connectivity index (χ3n) is 3.07. The Morgan fingerprint density at radius 3 is 2.83 bits per heavy atom. The Hall–Kier alpha value is -1.36. The molecule has 5 heteroatoms. The number of carbonyl (C=O) groups is 1. The highest BCUT2D eigenvalue weighted by Crippen LogP contribution is 2.27. The van der Waals surface area contributed by atoms with Crippen LogP contribution in [0.3, 0.4) is 0 Å². The Kier molecular flexibility index (Phi) is 4.36. The van der Waals surface area contributed by atoms with Crippen molar-refractivity contribution >= 4 is 23.1 Å². The van der Waals surface area contributed by atoms with E-state index < -0.39 is 0 Å². The first-order valence-corrected chi connectivity index (χ1v) is 6.68. The van der Waals surface area contributed by atoms with Crippen LogP contribution in [-0.4, -0.2) is 28.4 Å². The molecule has 1 aromatic rings. The van der Waals surface area contributed by atoms with E-state index >= 15 is 0 Å². The van der Waals surface area contributed by atoms with E-state index in [1.54, 1.807) is 6.26 Å². The topological polar surface area (TPSA) is 59.5 Å². The number of nitrogens with zero attached hydrogens (tertiary/aromatic N) is 1. The Balaban J connectivity index is 1.81. The Labute approximate surface area is 112 Å². The minimum absolute atomic E-state index is 0.171. The summed E-state index contributed by atoms with van der Waals surface area (Å²) in [6.45, 7) is 0.650. The van der Waals surface area contributed by atoms with Crippen LogP contribution < -0.4 is 5.73 Å². The van der Waals surface area contributed by atoms with Gasteiger partial charge >= 0.3 is 0 Å². The summed E-state index contributed by atoms with van der Waals surface area (Å²) < 4.78 is 5.23. The van der Waals surface area contributed by atoms with Gasteiger partial charge in [-0.15, -0.1) is 0 Å². The van der Waals surface area contributed by atoms with Gasteiger partial charge in [-0.2, -0.15) is 0 Å². The molecule has 1 saturated carbocycles. The lowest BCUT2D eigenvalue weighted by Crippen LogP contribution is -2.35. The number of carbonyl (C=O) groups excluding carboxylic acids is 1. The van der Waals surface area contributed by atoms with E-state index in [0.29, 0.717) is 36.8 Å². The smallest absolute Gasteiger partial charge is 0.223 e. The molecule has 1 aliphatic rings. The first-order chi connectivity index (χ1) is 8.66. The summed E-state index contributed by atoms with van der Waals surface area (Å²) in [6, 6.07) is 4.14. The van der Waals surface area contributed by atoms with E-state index in [0.717, 1.165) is 18.6 Å². The van der Waals surface area contributed by atoms with Gasteiger partial charge in [-0.05, 0) is 25.0 Å². The fourth-order valence-electron chi connectivity index (χ4n) is 1.96. The van der Waals surface area contributed by atoms with E-state index in [-0.39, 0.29) is 5.91 Å². The minimum atomic E-state index is 0.171. The normalized spacial score (nSPS) is 14.4. The summed E-state index contributed by atoms with van der Waals surface area (Å²) in [7, 11) is 0. The van der Waals surface area contributed by atoms with Gasteiger partial charge in [0.05, 0.1) is 11.3 Å². The number of nitrogens with two attached hydrogens (primary N) is 1. The van der Waals surface area contributed by atoms with Crippen LogP contribution in [0, 0.1) is 0 Å². The highest BCUT2D eigenvalue weighted by atomic mass is 32.1. The number of thiocarbonyl (C=S) groups is 1. The molecule has 2 rings (SSSR count). The van der Waals surface area contributed by atoms with Crippen molar-refractivity contribution in [3.63, 3.8) is 0 Å². The lowest BCUT2D eigenvalue weighted by atomic mass is 10.2. The van der Waals surface area contributed by atoms with Gasteiger partial charge in [0.1, 0.15) is 5.76 Å². The standard InChI is InChI=1S/C13H18N2O2S/c14-12(18)7-8-15(10-3-4-10)13(16)6-5-11-2-1-9-17-11/h1-2,9-10H,3-8H2,(H2,14,18). The van der Waals surface area contributed by atoms with Crippen LogP contribution in [0.1, 0.15) is 31.4 Å². The summed E-state index contributed by atoms with van der Waals surface area (Å²) >= 11 is 4.86. The Bertz CT molecular complexity index is 413. The van der Waals surface area contributed by atoms with Crippen molar-refractivity contribution in [1.82, 2.24) is 4.90 Å². The maximum Gasteiger partial charge on any atom is 0.223 e. The molecule has 2 N–H and O–H groups in total. The number of aryl methyl sites for hydroxylation is 1. The molecule has 1 aromatic heterocycles. The highest BCUT2D eigenvalue weighted by molar-refractivity contribution is 7.80. The first kappa shape index (κ1) is 13.1. The molecule has 0 aromatic carbocycles. The lowest BCUT2D eigenvalue weighted by molar-refractivity contribution is -0.131. The number of hydrogen-bond donors (Lipinski definition) is 1. The molecule has 1 heterocycles. The lowest BCUT2D eigenvalue weighted by Gasteiger charge is -2.22. The first-order valence-electron chi connectivity index (χ1n) is 6.27. The van der Waals surface area contributed by atoms with Crippen LogP contribution in [0.25, 0.3) is 0 Å². The van der Waals surface area contributed by atoms with Gasteiger partial charge in [-0.1, -0.05) is 12.2 Å². The second-order valence-electron chi connectivity index (χ2n) is 4.61. The molecule has 0 unspecified atom stereocenters. The predicted octanol–water partition coefficient (Wildman–Crippen LogP) is 1.88. The van der Waals surface area contributed by atoms with Gasteiger partial charge in [0.2, 0.25) is 5.91 Å². The second kappa shape index (κ2) is 6.00. The Morgan fingerprint density at radius 2 is 2.28 bits per heavy atom. The fourth-order valence-corrected chi connectivity index (χ4v) is 2.05. The maximum absolute atomic E-state index is 12.1. The molecule has 0 radical (unpaired) electrons. The van der Waals surface area contributed by atoms with Crippen LogP contribution >= 0.6 is 12.2 Å². The molecule has 0 spiro atoms. The molecule has 1 fully saturated rings. The number of furan rings is 1. The SMILES string of the molecule is NC(=S)CCN(C(=O)CCc1ccco1)C1CC1. The number of hydrogen-bond acceptors (Lipinski definition) is 3. The van der Waals surface area contributed by atoms with Crippen molar-refractivity contribution in [3.8, 4) is 0 Å². The molecule has 0 atom stereocenters. The highest BCUT2D eigenvalue weighted by Gasteiger charge is 2.31. The zero-order chi connectivity index (χ0) is 13.0. The summed E-state index contributed by atoms with van der Waals surface area (Å²) in [5, 5.41) is 0. The Morgan fingerprint density at radius 1 is 1.50 bits per heavy atom. The molecule has 18 heavy (non-hydrogen) atoms. The summed E-state index contributed by atoms with van der Waals surface area (Å²) in [5.41, 5.74) is 5.49. The van der Waals surface area contributed by atoms with Crippen molar-refractivity contribution < 1.29 is 9.21 Å². The van der Waals surface area contributed by atoms with E-state index in [4.69, 9.17) is 22.4 Å². The van der Waals surface area contributed by atoms with Crippen LogP contribution in [0.15, 0.2) is 22.8 Å². The molecular weight excluding hydrogens is 248 g/mol. The van der Waals surface area contributed by atoms with E-state index in [1.807, 2.05) is 17.0 Å². The third-order valence-corrected chi connectivity index (χ3v) is 3.28. The van der Waals surface area contributed by atoms with Crippen LogP contribution in [0.4, 0.5) is 0 Å². The van der Waals surface area contributed by atoms with E-state index in [2.05, 4.69) is 0 Å². The summed E-state index contributed by atoms with van der Waals surface area (Å²) in [4.78, 5) is 14.5. The minimum Gasteiger partial charge on any atom is -0.469 e. The van der Waals surface area contributed by atoms with Gasteiger partial charge < -0.3 is 15.1 Å². The molecule has 0 aliphatic heterocycles. The summed E-state index contributed by atoms with van der Waals surface area (Å²) in [6.07, 6.45) is 5.58. The molecule has 0 saturated heterocycles. The van der Waals surface area contributed by atoms with Gasteiger partial charge in [0.15, 0.2) is 0 Å². The van der Waals surface area contributed by atoms with E-state index in [9.17, 15) is 4.79 Å². The molecule has 0 bridgehead atoms. The quantitative estimate of drug-likeness (QED) is 0.766. The van der Waals surface area contributed by atoms with Crippen LogP contribution in [0.2, 0.25) is 0 Å². The summed E-state index contributed by atoms with van der Waals surface area (Å²) in [5.74, 6) is 1.03. The number of amides is 1. The largest absolute Gasteiger partial charge is 0.469 e. The third kappa shape index (κ3) is 3.84. The average molecular weight is 266 g/mol. The molecular formula is C13H18N2O2S. The average Bonchev–Trinajstić information content (AvgIpc) is 3.03. The van der Waals surface area contributed by atoms with Crippen molar-refractivity contribution in [3.05, 3.63) is 24.2 Å². The molecule has 1 amide bonds. The second-order valence-corrected chi connectivity index (χ2v) is 5.14. The fraction of sp³-hybridized carbons (Fsp3) is 0.538. The van der Waals surface area contributed by atoms with Gasteiger partial charge in [-0.3, -0.25) is 4.79 Å². The zero-order valence-electron chi connectivity index (χ0n) is 10.3. The van der Waals surface area contributed by atoms with Gasteiger partial charge in [0, 0.05) is 31.8 Å². The molecule has 98 valence electrons. The maximum atomic E-state index is 12.1. The predicted molar refractivity (Wildman–Crippen MR) is 73.2 cm³/mol. The number of rotatable bonds is 7. The zero-order valence-corrected chi connectivity index (χ0v) is 11.1. The van der Waals surface area contributed by atoms with E-state index in [1.165, 1.54) is 0 Å². The van der Waals surface area contributed by atoms with Crippen LogP contribution in [-0.2, 0) is 11.2 Å². The van der Waals surface area contributed by atoms with Crippen LogP contribution in [0.5, 0.6) is 0 Å². The van der Waals surface area contributed by atoms with Crippen molar-refractivity contribution in [2.24, 2.45) is 5.73 Å². The van der Waals surface area contributed by atoms with Crippen molar-refractivity contribution in [1.29, 1.82) is 0 Å². The molecule has 1 aliphatic carbocycles. The van der Waals surface area contributed by atoms with Gasteiger partial charge in [-0.25, -0.2) is 0 Å². The monoisotopic (exact) mass is 266 g/mol. The van der Waals surface area contributed by atoms with Gasteiger partial charge in [0.25, 0.3) is 0 Å². The van der Waals surface area contributed by atoms with Crippen molar-refractivity contribution in [2.45, 2.75) is 38.1 Å².